The van der Waals surface area contributed by atoms with Crippen LogP contribution in [0, 0.1) is 0 Å². The standard InChI is InChI=1S/C21H38N2O7Si2.C9H12N2O6/c1-12(2)31(13(3)4)27-11-16-19(29-32(30-31,14(5)6)15(7)8)18(25)20(28-16)23-10-9-17(24)22-21(23)26;12-3-4-6(14)7(15)8(17-4)11-2-1-5(13)10-9(11)16/h9-10,12-16,18-20,25H,11H2,1-8H3,(H,22,24,26);1-2,4,6-8,12,14-15H,3H2,(H,10,13,16)/t16-,18+,19?,20-;4-,6?,7+,8-/m11/s1. The molecule has 49 heavy (non-hydrogen) atoms. The lowest BCUT2D eigenvalue weighted by atomic mass is 10.1. The van der Waals surface area contributed by atoms with E-state index in [4.69, 9.17) is 27.5 Å². The number of aromatic amines is 2. The van der Waals surface area contributed by atoms with E-state index in [1.54, 1.807) is 0 Å². The van der Waals surface area contributed by atoms with Gasteiger partial charge in [-0.05, 0) is 22.2 Å². The zero-order valence-corrected chi connectivity index (χ0v) is 31.0. The second-order valence-corrected chi connectivity index (χ2v) is 22.7. The summed E-state index contributed by atoms with van der Waals surface area (Å²) in [6.45, 7) is 16.7. The number of nitrogens with zero attached hydrogens (tertiary/aromatic N) is 2. The number of fused-ring (bicyclic) bond motifs is 1. The minimum absolute atomic E-state index is 0.108. The van der Waals surface area contributed by atoms with Crippen molar-refractivity contribution in [1.82, 2.24) is 19.1 Å². The van der Waals surface area contributed by atoms with E-state index < -0.39 is 95.3 Å². The van der Waals surface area contributed by atoms with Crippen molar-refractivity contribution in [2.75, 3.05) is 13.2 Å². The van der Waals surface area contributed by atoms with Crippen molar-refractivity contribution in [3.8, 4) is 0 Å². The molecule has 5 rings (SSSR count). The molecule has 3 aliphatic heterocycles. The van der Waals surface area contributed by atoms with Crippen molar-refractivity contribution in [2.45, 2.75) is 127 Å². The smallest absolute Gasteiger partial charge is 0.335 e. The molecular weight excluding hydrogens is 681 g/mol. The van der Waals surface area contributed by atoms with Gasteiger partial charge in [0.25, 0.3) is 11.1 Å². The Bertz CT molecular complexity index is 1640. The number of nitrogens with one attached hydrogen (secondary N) is 2. The molecular formula is C30H50N4O13Si2. The molecule has 2 aromatic heterocycles. The minimum Gasteiger partial charge on any atom is -0.414 e. The Hall–Kier alpha value is -2.57. The van der Waals surface area contributed by atoms with E-state index in [0.29, 0.717) is 0 Å². The van der Waals surface area contributed by atoms with E-state index in [1.807, 2.05) is 4.98 Å². The van der Waals surface area contributed by atoms with Crippen LogP contribution in [0.4, 0.5) is 0 Å². The van der Waals surface area contributed by atoms with Gasteiger partial charge in [0.1, 0.15) is 36.6 Å². The van der Waals surface area contributed by atoms with Crippen LogP contribution in [0.2, 0.25) is 22.2 Å². The Labute approximate surface area is 284 Å². The third-order valence-corrected chi connectivity index (χ3v) is 19.7. The third-order valence-electron chi connectivity index (χ3n) is 9.41. The van der Waals surface area contributed by atoms with E-state index >= 15 is 0 Å². The Morgan fingerprint density at radius 2 is 1.20 bits per heavy atom. The minimum atomic E-state index is -2.91. The quantitative estimate of drug-likeness (QED) is 0.205. The van der Waals surface area contributed by atoms with Crippen LogP contribution in [0.3, 0.4) is 0 Å². The zero-order valence-electron chi connectivity index (χ0n) is 29.0. The summed E-state index contributed by atoms with van der Waals surface area (Å²) in [7, 11) is -5.63. The number of rotatable bonds is 7. The van der Waals surface area contributed by atoms with Crippen molar-refractivity contribution >= 4 is 17.1 Å². The molecule has 0 amide bonds. The van der Waals surface area contributed by atoms with Gasteiger partial charge in [0.05, 0.1) is 13.2 Å². The molecule has 276 valence electrons. The fourth-order valence-corrected chi connectivity index (χ4v) is 17.9. The normalized spacial score (nSPS) is 31.0. The summed E-state index contributed by atoms with van der Waals surface area (Å²) in [5.74, 6) is 0. The van der Waals surface area contributed by atoms with Crippen molar-refractivity contribution in [3.05, 3.63) is 66.2 Å². The molecule has 5 heterocycles. The van der Waals surface area contributed by atoms with Gasteiger partial charge in [0.2, 0.25) is 0 Å². The highest BCUT2D eigenvalue weighted by Gasteiger charge is 2.61. The molecule has 2 aromatic rings. The molecule has 0 radical (unpaired) electrons. The fourth-order valence-electron chi connectivity index (χ4n) is 6.73. The first-order chi connectivity index (χ1) is 22.9. The fraction of sp³-hybridized carbons (Fsp3) is 0.733. The van der Waals surface area contributed by atoms with Gasteiger partial charge in [-0.15, -0.1) is 0 Å². The highest BCUT2D eigenvalue weighted by atomic mass is 28.5. The van der Waals surface area contributed by atoms with Crippen molar-refractivity contribution in [3.63, 3.8) is 0 Å². The van der Waals surface area contributed by atoms with Crippen LogP contribution in [-0.2, 0) is 22.4 Å². The molecule has 0 bridgehead atoms. The van der Waals surface area contributed by atoms with Gasteiger partial charge in [-0.2, -0.15) is 0 Å². The van der Waals surface area contributed by atoms with Crippen LogP contribution in [-0.4, -0.2) is 106 Å². The van der Waals surface area contributed by atoms with Crippen LogP contribution in [0.5, 0.6) is 0 Å². The number of ether oxygens (including phenoxy) is 2. The van der Waals surface area contributed by atoms with Crippen LogP contribution in [0.1, 0.15) is 67.8 Å². The second-order valence-electron chi connectivity index (χ2n) is 13.9. The highest BCUT2D eigenvalue weighted by Crippen LogP contribution is 2.48. The largest absolute Gasteiger partial charge is 0.414 e. The Balaban J connectivity index is 0.000000266. The Kier molecular flexibility index (Phi) is 12.3. The predicted octanol–water partition coefficient (Wildman–Crippen LogP) is -0.101. The van der Waals surface area contributed by atoms with E-state index in [-0.39, 0.29) is 28.8 Å². The number of aromatic nitrogens is 4. The molecule has 2 unspecified atom stereocenters. The first kappa shape index (κ1) is 39.2. The second kappa shape index (κ2) is 15.4. The molecule has 0 spiro atoms. The van der Waals surface area contributed by atoms with Crippen molar-refractivity contribution < 1.29 is 42.9 Å². The zero-order chi connectivity index (χ0) is 36.6. The van der Waals surface area contributed by atoms with Gasteiger partial charge in [0, 0.05) is 24.5 Å². The maximum atomic E-state index is 12.4. The number of hydrogen-bond acceptors (Lipinski definition) is 13. The molecule has 8 atom stereocenters. The Morgan fingerprint density at radius 3 is 1.61 bits per heavy atom. The molecule has 0 aliphatic carbocycles. The first-order valence-electron chi connectivity index (χ1n) is 16.5. The number of aliphatic hydroxyl groups excluding tert-OH is 4. The third kappa shape index (κ3) is 7.57. The molecule has 19 heteroatoms. The average Bonchev–Trinajstić information content (AvgIpc) is 3.46. The van der Waals surface area contributed by atoms with Gasteiger partial charge < -0.3 is 42.9 Å². The van der Waals surface area contributed by atoms with Crippen molar-refractivity contribution in [2.24, 2.45) is 0 Å². The van der Waals surface area contributed by atoms with Crippen LogP contribution >= 0.6 is 0 Å². The lowest BCUT2D eigenvalue weighted by Crippen LogP contribution is -2.65. The van der Waals surface area contributed by atoms with Crippen LogP contribution in [0.15, 0.2) is 43.7 Å². The summed E-state index contributed by atoms with van der Waals surface area (Å²) in [6, 6.07) is 2.32. The lowest BCUT2D eigenvalue weighted by molar-refractivity contribution is -0.0600. The van der Waals surface area contributed by atoms with E-state index in [1.165, 1.54) is 16.8 Å². The summed E-state index contributed by atoms with van der Waals surface area (Å²) in [6.07, 6.45) is -5.62. The summed E-state index contributed by atoms with van der Waals surface area (Å²) in [5, 5.41) is 39.3. The summed E-state index contributed by atoms with van der Waals surface area (Å²) in [5.41, 5.74) is -1.88. The number of aliphatic hydroxyl groups is 4. The summed E-state index contributed by atoms with van der Waals surface area (Å²) < 4.78 is 34.0. The summed E-state index contributed by atoms with van der Waals surface area (Å²) >= 11 is 0. The summed E-state index contributed by atoms with van der Waals surface area (Å²) in [4.78, 5) is 50.4. The molecule has 3 saturated heterocycles. The van der Waals surface area contributed by atoms with Gasteiger partial charge in [0.15, 0.2) is 12.5 Å². The molecule has 3 fully saturated rings. The number of hydrogen-bond donors (Lipinski definition) is 6. The Morgan fingerprint density at radius 1 is 0.735 bits per heavy atom. The molecule has 6 N–H and O–H groups in total. The predicted molar refractivity (Wildman–Crippen MR) is 179 cm³/mol. The average molecular weight is 731 g/mol. The van der Waals surface area contributed by atoms with Gasteiger partial charge in [-0.1, -0.05) is 55.4 Å². The highest BCUT2D eigenvalue weighted by molar-refractivity contribution is 6.84. The van der Waals surface area contributed by atoms with Gasteiger partial charge in [-0.25, -0.2) is 9.59 Å². The first-order valence-corrected chi connectivity index (χ1v) is 20.4. The molecule has 0 saturated carbocycles. The lowest BCUT2D eigenvalue weighted by Gasteiger charge is -2.51. The monoisotopic (exact) mass is 730 g/mol. The molecule has 3 aliphatic rings. The molecule has 0 aromatic carbocycles. The SMILES string of the molecule is CC(C)[Si]1(C(C)C)OC[C@H]2O[C@@H](n3ccc(=O)[nH]c3=O)[C@@H](O)C2O[Si](C(C)C)(C(C)C)O1.O=c1ccn([C@@H]2O[C@H](CO)C(O)[C@@H]2O)c(=O)[nH]1. The van der Waals surface area contributed by atoms with E-state index in [0.717, 1.165) is 16.8 Å². The molecule has 17 nitrogen and oxygen atoms in total. The van der Waals surface area contributed by atoms with E-state index in [9.17, 15) is 34.5 Å². The topological polar surface area (TPSA) is 237 Å². The van der Waals surface area contributed by atoms with Crippen molar-refractivity contribution in [1.29, 1.82) is 0 Å². The number of H-pyrrole nitrogens is 2. The van der Waals surface area contributed by atoms with Gasteiger partial charge in [-0.3, -0.25) is 28.7 Å². The van der Waals surface area contributed by atoms with Gasteiger partial charge >= 0.3 is 28.5 Å². The van der Waals surface area contributed by atoms with Crippen LogP contribution < -0.4 is 22.5 Å². The maximum Gasteiger partial charge on any atom is 0.335 e. The van der Waals surface area contributed by atoms with E-state index in [2.05, 4.69) is 60.4 Å². The maximum absolute atomic E-state index is 12.4. The van der Waals surface area contributed by atoms with Crippen LogP contribution in [0.25, 0.3) is 0 Å².